The number of amides is 2. The van der Waals surface area contributed by atoms with Crippen LogP contribution >= 0.6 is 0 Å². The molecule has 1 aliphatic carbocycles. The fraction of sp³-hybridized carbons (Fsp3) is 0.579. The van der Waals surface area contributed by atoms with Crippen molar-refractivity contribution >= 4 is 11.8 Å². The molecule has 0 aromatic heterocycles. The Morgan fingerprint density at radius 2 is 1.65 bits per heavy atom. The van der Waals surface area contributed by atoms with Crippen molar-refractivity contribution in [2.45, 2.75) is 25.3 Å². The molecular weight excluding hydrogens is 336 g/mol. The van der Waals surface area contributed by atoms with E-state index in [2.05, 4.69) is 5.32 Å². The second-order valence-corrected chi connectivity index (χ2v) is 6.98. The number of nitrogens with one attached hydrogen (secondary N) is 1. The van der Waals surface area contributed by atoms with Crippen LogP contribution in [0.15, 0.2) is 12.1 Å². The van der Waals surface area contributed by atoms with Gasteiger partial charge in [0.25, 0.3) is 5.91 Å². The lowest BCUT2D eigenvalue weighted by Gasteiger charge is -2.26. The summed E-state index contributed by atoms with van der Waals surface area (Å²) in [4.78, 5) is 26.5. The number of methoxy groups -OCH3 is 3. The SMILES string of the molecule is COc1cc(OC)c(C(=O)N(C)[C@H]2C[C@H]3CNC(=O)C[C@H]3C2)cc1OC. The number of hydrogen-bond donors (Lipinski definition) is 1. The van der Waals surface area contributed by atoms with Crippen LogP contribution in [-0.2, 0) is 4.79 Å². The Morgan fingerprint density at radius 1 is 1.04 bits per heavy atom. The third-order valence-electron chi connectivity index (χ3n) is 5.63. The molecule has 0 bridgehead atoms. The summed E-state index contributed by atoms with van der Waals surface area (Å²) in [6.07, 6.45) is 2.32. The zero-order chi connectivity index (χ0) is 18.8. The molecule has 1 heterocycles. The summed E-state index contributed by atoms with van der Waals surface area (Å²) in [5, 5.41) is 2.93. The number of nitrogens with zero attached hydrogens (tertiary/aromatic N) is 1. The Balaban J connectivity index is 1.81. The average Bonchev–Trinajstić information content (AvgIpc) is 3.08. The van der Waals surface area contributed by atoms with Gasteiger partial charge in [-0.3, -0.25) is 9.59 Å². The lowest BCUT2D eigenvalue weighted by Crippen LogP contribution is -2.38. The number of piperidine rings is 1. The van der Waals surface area contributed by atoms with Crippen LogP contribution < -0.4 is 19.5 Å². The minimum atomic E-state index is -0.120. The van der Waals surface area contributed by atoms with Crippen molar-refractivity contribution in [1.82, 2.24) is 10.2 Å². The Morgan fingerprint density at radius 3 is 2.31 bits per heavy atom. The van der Waals surface area contributed by atoms with Crippen LogP contribution in [0.25, 0.3) is 0 Å². The molecule has 2 fully saturated rings. The van der Waals surface area contributed by atoms with E-state index in [-0.39, 0.29) is 17.9 Å². The van der Waals surface area contributed by atoms with Crippen LogP contribution in [0.5, 0.6) is 17.2 Å². The third kappa shape index (κ3) is 3.30. The normalized spacial score (nSPS) is 24.5. The first kappa shape index (κ1) is 18.4. The van der Waals surface area contributed by atoms with Crippen LogP contribution in [0.3, 0.4) is 0 Å². The molecule has 2 aliphatic rings. The van der Waals surface area contributed by atoms with Crippen LogP contribution in [0.2, 0.25) is 0 Å². The zero-order valence-corrected chi connectivity index (χ0v) is 15.7. The monoisotopic (exact) mass is 362 g/mol. The number of carbonyl (C=O) groups excluding carboxylic acids is 2. The van der Waals surface area contributed by atoms with Gasteiger partial charge in [-0.15, -0.1) is 0 Å². The Hall–Kier alpha value is -2.44. The van der Waals surface area contributed by atoms with Gasteiger partial charge in [0.05, 0.1) is 26.9 Å². The fourth-order valence-corrected chi connectivity index (χ4v) is 4.10. The smallest absolute Gasteiger partial charge is 0.257 e. The molecule has 0 radical (unpaired) electrons. The average molecular weight is 362 g/mol. The van der Waals surface area contributed by atoms with Gasteiger partial charge in [0.1, 0.15) is 5.75 Å². The number of rotatable bonds is 5. The molecule has 1 N–H and O–H groups in total. The molecule has 26 heavy (non-hydrogen) atoms. The largest absolute Gasteiger partial charge is 0.496 e. The lowest BCUT2D eigenvalue weighted by molar-refractivity contribution is -0.124. The van der Waals surface area contributed by atoms with E-state index in [0.29, 0.717) is 47.6 Å². The van der Waals surface area contributed by atoms with Gasteiger partial charge in [-0.2, -0.15) is 0 Å². The highest BCUT2D eigenvalue weighted by molar-refractivity contribution is 5.98. The minimum absolute atomic E-state index is 0.113. The number of fused-ring (bicyclic) bond motifs is 1. The second-order valence-electron chi connectivity index (χ2n) is 6.98. The van der Waals surface area contributed by atoms with Crippen molar-refractivity contribution in [3.8, 4) is 17.2 Å². The molecule has 3 rings (SSSR count). The topological polar surface area (TPSA) is 77.1 Å². The lowest BCUT2D eigenvalue weighted by atomic mass is 9.89. The quantitative estimate of drug-likeness (QED) is 0.863. The molecule has 142 valence electrons. The molecule has 1 aromatic carbocycles. The van der Waals surface area contributed by atoms with Gasteiger partial charge in [0, 0.05) is 38.2 Å². The summed E-state index contributed by atoms with van der Waals surface area (Å²) in [7, 11) is 6.42. The first-order chi connectivity index (χ1) is 12.5. The first-order valence-electron chi connectivity index (χ1n) is 8.82. The van der Waals surface area contributed by atoms with E-state index < -0.39 is 0 Å². The Bertz CT molecular complexity index is 705. The van der Waals surface area contributed by atoms with Gasteiger partial charge in [-0.05, 0) is 24.7 Å². The number of benzene rings is 1. The molecule has 7 nitrogen and oxygen atoms in total. The second kappa shape index (κ2) is 7.43. The van der Waals surface area contributed by atoms with Crippen molar-refractivity contribution < 1.29 is 23.8 Å². The van der Waals surface area contributed by atoms with E-state index in [1.54, 1.807) is 24.1 Å². The van der Waals surface area contributed by atoms with Crippen molar-refractivity contribution in [1.29, 1.82) is 0 Å². The Labute approximate surface area is 153 Å². The van der Waals surface area contributed by atoms with Gasteiger partial charge in [-0.25, -0.2) is 0 Å². The van der Waals surface area contributed by atoms with Gasteiger partial charge in [0.2, 0.25) is 5.91 Å². The summed E-state index contributed by atoms with van der Waals surface area (Å²) >= 11 is 0. The molecule has 1 aliphatic heterocycles. The van der Waals surface area contributed by atoms with Gasteiger partial charge in [0.15, 0.2) is 11.5 Å². The molecule has 2 amide bonds. The standard InChI is InChI=1S/C19H26N2O5/c1-21(13-5-11-7-18(22)20-10-12(11)6-13)19(23)14-8-16(25-3)17(26-4)9-15(14)24-2/h8-9,11-13H,5-7,10H2,1-4H3,(H,20,22)/t11-,12+,13-/m1/s1. The van der Waals surface area contributed by atoms with Crippen molar-refractivity contribution in [2.75, 3.05) is 34.9 Å². The van der Waals surface area contributed by atoms with Crippen LogP contribution in [-0.4, -0.2) is 57.7 Å². The fourth-order valence-electron chi connectivity index (χ4n) is 4.10. The van der Waals surface area contributed by atoms with E-state index in [1.165, 1.54) is 14.2 Å². The molecule has 7 heteroatoms. The summed E-state index contributed by atoms with van der Waals surface area (Å²) in [5.74, 6) is 2.25. The zero-order valence-electron chi connectivity index (χ0n) is 15.7. The predicted octanol–water partition coefficient (Wildman–Crippen LogP) is 1.70. The van der Waals surface area contributed by atoms with E-state index in [0.717, 1.165) is 12.8 Å². The van der Waals surface area contributed by atoms with E-state index >= 15 is 0 Å². The van der Waals surface area contributed by atoms with Crippen molar-refractivity contribution in [3.63, 3.8) is 0 Å². The van der Waals surface area contributed by atoms with Crippen molar-refractivity contribution in [2.24, 2.45) is 11.8 Å². The van der Waals surface area contributed by atoms with Gasteiger partial charge < -0.3 is 24.4 Å². The van der Waals surface area contributed by atoms with Crippen LogP contribution in [0.1, 0.15) is 29.6 Å². The highest BCUT2D eigenvalue weighted by atomic mass is 16.5. The van der Waals surface area contributed by atoms with E-state index in [4.69, 9.17) is 14.2 Å². The number of carbonyl (C=O) groups is 2. The number of hydrogen-bond acceptors (Lipinski definition) is 5. The summed E-state index contributed by atoms with van der Waals surface area (Å²) in [6.45, 7) is 0.710. The van der Waals surface area contributed by atoms with Crippen LogP contribution in [0.4, 0.5) is 0 Å². The summed E-state index contributed by atoms with van der Waals surface area (Å²) in [5.41, 5.74) is 0.441. The highest BCUT2D eigenvalue weighted by Gasteiger charge is 2.41. The summed E-state index contributed by atoms with van der Waals surface area (Å²) < 4.78 is 16.0. The maximum atomic E-state index is 13.1. The molecule has 0 unspecified atom stereocenters. The molecule has 3 atom stereocenters. The van der Waals surface area contributed by atoms with E-state index in [1.807, 2.05) is 7.05 Å². The van der Waals surface area contributed by atoms with Gasteiger partial charge >= 0.3 is 0 Å². The van der Waals surface area contributed by atoms with Crippen LogP contribution in [0, 0.1) is 11.8 Å². The number of ether oxygens (including phenoxy) is 3. The van der Waals surface area contributed by atoms with Gasteiger partial charge in [-0.1, -0.05) is 0 Å². The Kier molecular flexibility index (Phi) is 5.25. The maximum absolute atomic E-state index is 13.1. The molecule has 1 aromatic rings. The van der Waals surface area contributed by atoms with E-state index in [9.17, 15) is 9.59 Å². The predicted molar refractivity (Wildman–Crippen MR) is 95.8 cm³/mol. The van der Waals surface area contributed by atoms with Crippen molar-refractivity contribution in [3.05, 3.63) is 17.7 Å². The first-order valence-corrected chi connectivity index (χ1v) is 8.82. The maximum Gasteiger partial charge on any atom is 0.257 e. The summed E-state index contributed by atoms with van der Waals surface area (Å²) in [6, 6.07) is 3.43. The molecule has 0 spiro atoms. The molecule has 1 saturated heterocycles. The third-order valence-corrected chi connectivity index (χ3v) is 5.63. The highest BCUT2D eigenvalue weighted by Crippen LogP contribution is 2.40. The minimum Gasteiger partial charge on any atom is -0.496 e. The molecule has 1 saturated carbocycles. The molecular formula is C19H26N2O5.